The molecule has 0 aliphatic heterocycles. The van der Waals surface area contributed by atoms with Gasteiger partial charge in [0.15, 0.2) is 0 Å². The minimum Gasteiger partial charge on any atom is -0.440 e. The lowest BCUT2D eigenvalue weighted by Gasteiger charge is -2.10. The maximum Gasteiger partial charge on any atom is 0.433 e. The van der Waals surface area contributed by atoms with E-state index in [1.54, 1.807) is 6.92 Å². The van der Waals surface area contributed by atoms with Crippen LogP contribution in [0.5, 0.6) is 0 Å². The molecule has 0 aliphatic carbocycles. The fourth-order valence-corrected chi connectivity index (χ4v) is 0.981. The Labute approximate surface area is 77.1 Å². The van der Waals surface area contributed by atoms with Crippen molar-refractivity contribution in [2.24, 2.45) is 4.99 Å². The topological polar surface area (TPSA) is 38.7 Å². The van der Waals surface area contributed by atoms with Crippen LogP contribution in [0.1, 0.15) is 18.6 Å². The first-order chi connectivity index (χ1) is 6.24. The van der Waals surface area contributed by atoms with E-state index in [-0.39, 0.29) is 6.10 Å². The Kier molecular flexibility index (Phi) is 3.20. The molecule has 0 bridgehead atoms. The Bertz CT molecular complexity index is 295. The molecule has 3 nitrogen and oxygen atoms in total. The van der Waals surface area contributed by atoms with Crippen molar-refractivity contribution >= 4 is 12.8 Å². The summed E-state index contributed by atoms with van der Waals surface area (Å²) in [6.07, 6.45) is -0.921. The number of ether oxygens (including phenoxy) is 1. The molecule has 0 spiro atoms. The number of carbonyl (C=O) groups excluding carboxylic acids is 1. The second-order valence-corrected chi connectivity index (χ2v) is 2.59. The SMILES string of the molecule is C=NC(=O)OC(C)c1ccccc1. The van der Waals surface area contributed by atoms with Crippen molar-refractivity contribution in [3.05, 3.63) is 35.9 Å². The second kappa shape index (κ2) is 4.40. The predicted octanol–water partition coefficient (Wildman–Crippen LogP) is 2.58. The summed E-state index contributed by atoms with van der Waals surface area (Å²) in [7, 11) is 0. The minimum atomic E-state index is -0.642. The number of nitrogens with zero attached hydrogens (tertiary/aromatic N) is 1. The van der Waals surface area contributed by atoms with Crippen molar-refractivity contribution in [1.82, 2.24) is 0 Å². The minimum absolute atomic E-state index is 0.279. The molecule has 1 aromatic carbocycles. The predicted molar refractivity (Wildman–Crippen MR) is 50.9 cm³/mol. The highest BCUT2D eigenvalue weighted by molar-refractivity contribution is 5.73. The van der Waals surface area contributed by atoms with Crippen molar-refractivity contribution in [1.29, 1.82) is 0 Å². The van der Waals surface area contributed by atoms with Gasteiger partial charge in [-0.1, -0.05) is 30.3 Å². The molecule has 0 aliphatic rings. The quantitative estimate of drug-likeness (QED) is 0.651. The smallest absolute Gasteiger partial charge is 0.433 e. The maximum atomic E-state index is 10.7. The van der Waals surface area contributed by atoms with Crippen LogP contribution in [-0.2, 0) is 4.74 Å². The standard InChI is InChI=1S/C10H11NO2/c1-8(13-10(12)11-2)9-6-4-3-5-7-9/h3-8H,2H2,1H3. The van der Waals surface area contributed by atoms with E-state index in [4.69, 9.17) is 4.74 Å². The number of aliphatic imine (C=N–C) groups is 1. The Balaban J connectivity index is 2.63. The van der Waals surface area contributed by atoms with E-state index >= 15 is 0 Å². The van der Waals surface area contributed by atoms with Gasteiger partial charge < -0.3 is 4.74 Å². The first-order valence-corrected chi connectivity index (χ1v) is 3.96. The first-order valence-electron chi connectivity index (χ1n) is 3.96. The van der Waals surface area contributed by atoms with Crippen LogP contribution in [-0.4, -0.2) is 12.8 Å². The molecule has 0 heterocycles. The van der Waals surface area contributed by atoms with E-state index in [1.807, 2.05) is 30.3 Å². The van der Waals surface area contributed by atoms with Gasteiger partial charge in [0.1, 0.15) is 6.10 Å². The average Bonchev–Trinajstić information content (AvgIpc) is 2.19. The van der Waals surface area contributed by atoms with Crippen molar-refractivity contribution < 1.29 is 9.53 Å². The fourth-order valence-electron chi connectivity index (χ4n) is 0.981. The second-order valence-electron chi connectivity index (χ2n) is 2.59. The zero-order chi connectivity index (χ0) is 9.68. The highest BCUT2D eigenvalue weighted by atomic mass is 16.6. The summed E-state index contributed by atoms with van der Waals surface area (Å²) in [5.74, 6) is 0. The van der Waals surface area contributed by atoms with Gasteiger partial charge in [-0.25, -0.2) is 4.79 Å². The van der Waals surface area contributed by atoms with E-state index in [1.165, 1.54) is 0 Å². The van der Waals surface area contributed by atoms with Gasteiger partial charge in [-0.15, -0.1) is 0 Å². The summed E-state index contributed by atoms with van der Waals surface area (Å²) in [6, 6.07) is 9.47. The summed E-state index contributed by atoms with van der Waals surface area (Å²) in [4.78, 5) is 13.9. The zero-order valence-corrected chi connectivity index (χ0v) is 7.43. The monoisotopic (exact) mass is 177 g/mol. The molecule has 13 heavy (non-hydrogen) atoms. The van der Waals surface area contributed by atoms with Gasteiger partial charge in [-0.3, -0.25) is 0 Å². The van der Waals surface area contributed by atoms with Crippen LogP contribution in [0.3, 0.4) is 0 Å². The molecule has 1 rings (SSSR count). The van der Waals surface area contributed by atoms with Crippen LogP contribution in [0.15, 0.2) is 35.3 Å². The molecule has 0 N–H and O–H groups in total. The Morgan fingerprint density at radius 2 is 2.08 bits per heavy atom. The van der Waals surface area contributed by atoms with E-state index in [2.05, 4.69) is 11.7 Å². The molecule has 0 radical (unpaired) electrons. The highest BCUT2D eigenvalue weighted by Gasteiger charge is 2.08. The largest absolute Gasteiger partial charge is 0.440 e. The normalized spacial score (nSPS) is 11.8. The molecule has 1 unspecified atom stereocenters. The molecule has 68 valence electrons. The first kappa shape index (κ1) is 9.45. The van der Waals surface area contributed by atoms with Crippen LogP contribution < -0.4 is 0 Å². The van der Waals surface area contributed by atoms with Crippen LogP contribution in [0.2, 0.25) is 0 Å². The van der Waals surface area contributed by atoms with Gasteiger partial charge in [0, 0.05) is 0 Å². The maximum absolute atomic E-state index is 10.7. The highest BCUT2D eigenvalue weighted by Crippen LogP contribution is 2.16. The van der Waals surface area contributed by atoms with Crippen LogP contribution >= 0.6 is 0 Å². The van der Waals surface area contributed by atoms with Crippen molar-refractivity contribution in [3.63, 3.8) is 0 Å². The molecule has 3 heteroatoms. The van der Waals surface area contributed by atoms with Crippen molar-refractivity contribution in [3.8, 4) is 0 Å². The molecule has 0 saturated heterocycles. The number of carbonyl (C=O) groups is 1. The number of amides is 1. The van der Waals surface area contributed by atoms with Crippen LogP contribution in [0.25, 0.3) is 0 Å². The molecule has 0 saturated carbocycles. The van der Waals surface area contributed by atoms with E-state index in [0.717, 1.165) is 5.56 Å². The summed E-state index contributed by atoms with van der Waals surface area (Å²) >= 11 is 0. The van der Waals surface area contributed by atoms with Gasteiger partial charge in [-0.05, 0) is 19.2 Å². The molecule has 1 atom stereocenters. The molecule has 0 fully saturated rings. The van der Waals surface area contributed by atoms with Gasteiger partial charge in [0.05, 0.1) is 0 Å². The fraction of sp³-hybridized carbons (Fsp3) is 0.200. The number of benzene rings is 1. The van der Waals surface area contributed by atoms with Gasteiger partial charge >= 0.3 is 6.09 Å². The summed E-state index contributed by atoms with van der Waals surface area (Å²) in [6.45, 7) is 4.87. The Morgan fingerprint density at radius 3 is 2.62 bits per heavy atom. The Hall–Kier alpha value is -1.64. The zero-order valence-electron chi connectivity index (χ0n) is 7.43. The summed E-state index contributed by atoms with van der Waals surface area (Å²) in [5.41, 5.74) is 0.944. The van der Waals surface area contributed by atoms with Crippen LogP contribution in [0.4, 0.5) is 4.79 Å². The number of hydrogen-bond donors (Lipinski definition) is 0. The van der Waals surface area contributed by atoms with Crippen molar-refractivity contribution in [2.75, 3.05) is 0 Å². The van der Waals surface area contributed by atoms with E-state index < -0.39 is 6.09 Å². The van der Waals surface area contributed by atoms with Crippen LogP contribution in [0, 0.1) is 0 Å². The molecular formula is C10H11NO2. The number of rotatable bonds is 2. The van der Waals surface area contributed by atoms with Gasteiger partial charge in [0.2, 0.25) is 0 Å². The molecule has 1 amide bonds. The molecular weight excluding hydrogens is 166 g/mol. The Morgan fingerprint density at radius 1 is 1.46 bits per heavy atom. The lowest BCUT2D eigenvalue weighted by atomic mass is 10.1. The van der Waals surface area contributed by atoms with Gasteiger partial charge in [-0.2, -0.15) is 4.99 Å². The van der Waals surface area contributed by atoms with Gasteiger partial charge in [0.25, 0.3) is 0 Å². The number of hydrogen-bond acceptors (Lipinski definition) is 2. The average molecular weight is 177 g/mol. The lowest BCUT2D eigenvalue weighted by molar-refractivity contribution is 0.117. The van der Waals surface area contributed by atoms with E-state index in [9.17, 15) is 4.79 Å². The van der Waals surface area contributed by atoms with E-state index in [0.29, 0.717) is 0 Å². The van der Waals surface area contributed by atoms with Crippen molar-refractivity contribution in [2.45, 2.75) is 13.0 Å². The third kappa shape index (κ3) is 2.71. The molecule has 1 aromatic rings. The lowest BCUT2D eigenvalue weighted by Crippen LogP contribution is -2.03. The summed E-state index contributed by atoms with van der Waals surface area (Å²) < 4.78 is 4.92. The third-order valence-electron chi connectivity index (χ3n) is 1.68. The molecule has 0 aromatic heterocycles. The third-order valence-corrected chi connectivity index (χ3v) is 1.68. The summed E-state index contributed by atoms with van der Waals surface area (Å²) in [5, 5.41) is 0.